The van der Waals surface area contributed by atoms with Crippen LogP contribution in [-0.2, 0) is 0 Å². The Morgan fingerprint density at radius 2 is 1.86 bits per heavy atom. The lowest BCUT2D eigenvalue weighted by Crippen LogP contribution is -2.03. The number of hydrogen-bond acceptors (Lipinski definition) is 2. The molecule has 0 aliphatic heterocycles. The first-order chi connectivity index (χ1) is 10.1. The standard InChI is InChI=1S/C17H14FNO2/c1-10-15(16-13(18)4-3-5-14(16)19-10)17(20)11-6-8-12(21-2)9-7-11/h3-9,19H,1-2H3. The number of ether oxygens (including phenoxy) is 1. The smallest absolute Gasteiger partial charge is 0.195 e. The number of carbonyl (C=O) groups excluding carboxylic acids is 1. The minimum Gasteiger partial charge on any atom is -0.497 e. The van der Waals surface area contributed by atoms with Gasteiger partial charge in [0, 0.05) is 22.2 Å². The summed E-state index contributed by atoms with van der Waals surface area (Å²) in [4.78, 5) is 15.7. The molecule has 0 saturated heterocycles. The number of aromatic amines is 1. The SMILES string of the molecule is COc1ccc(C(=O)c2c(C)[nH]c3cccc(F)c23)cc1. The van der Waals surface area contributed by atoms with Gasteiger partial charge >= 0.3 is 0 Å². The molecular formula is C17H14FNO2. The first-order valence-electron chi connectivity index (χ1n) is 6.57. The number of aromatic nitrogens is 1. The van der Waals surface area contributed by atoms with Gasteiger partial charge in [0.2, 0.25) is 0 Å². The molecule has 3 nitrogen and oxygen atoms in total. The van der Waals surface area contributed by atoms with E-state index in [1.54, 1.807) is 50.4 Å². The second kappa shape index (κ2) is 5.05. The lowest BCUT2D eigenvalue weighted by Gasteiger charge is -2.04. The van der Waals surface area contributed by atoms with Gasteiger partial charge in [-0.05, 0) is 43.3 Å². The van der Waals surface area contributed by atoms with E-state index in [4.69, 9.17) is 4.74 Å². The molecule has 106 valence electrons. The number of fused-ring (bicyclic) bond motifs is 1. The maximum Gasteiger partial charge on any atom is 0.195 e. The van der Waals surface area contributed by atoms with Gasteiger partial charge in [-0.3, -0.25) is 4.79 Å². The monoisotopic (exact) mass is 283 g/mol. The van der Waals surface area contributed by atoms with Crippen LogP contribution >= 0.6 is 0 Å². The Morgan fingerprint density at radius 3 is 2.52 bits per heavy atom. The van der Waals surface area contributed by atoms with Crippen LogP contribution in [0.25, 0.3) is 10.9 Å². The highest BCUT2D eigenvalue weighted by Gasteiger charge is 2.20. The van der Waals surface area contributed by atoms with Crippen LogP contribution in [0.5, 0.6) is 5.75 Å². The quantitative estimate of drug-likeness (QED) is 0.742. The Morgan fingerprint density at radius 1 is 1.14 bits per heavy atom. The number of ketones is 1. The van der Waals surface area contributed by atoms with Crippen molar-refractivity contribution in [2.75, 3.05) is 7.11 Å². The largest absolute Gasteiger partial charge is 0.497 e. The average molecular weight is 283 g/mol. The molecule has 0 unspecified atom stereocenters. The van der Waals surface area contributed by atoms with E-state index < -0.39 is 5.82 Å². The van der Waals surface area contributed by atoms with Gasteiger partial charge in [0.1, 0.15) is 11.6 Å². The molecule has 3 aromatic rings. The van der Waals surface area contributed by atoms with E-state index in [9.17, 15) is 9.18 Å². The van der Waals surface area contributed by atoms with Crippen molar-refractivity contribution in [1.29, 1.82) is 0 Å². The lowest BCUT2D eigenvalue weighted by molar-refractivity contribution is 0.103. The van der Waals surface area contributed by atoms with Gasteiger partial charge in [-0.15, -0.1) is 0 Å². The molecule has 0 saturated carbocycles. The fourth-order valence-electron chi connectivity index (χ4n) is 2.50. The Bertz CT molecular complexity index is 819. The number of carbonyl (C=O) groups is 1. The molecule has 0 fully saturated rings. The van der Waals surface area contributed by atoms with Gasteiger partial charge in [0.05, 0.1) is 12.7 Å². The third kappa shape index (κ3) is 2.18. The van der Waals surface area contributed by atoms with Crippen LogP contribution < -0.4 is 4.74 Å². The fourth-order valence-corrected chi connectivity index (χ4v) is 2.50. The predicted octanol–water partition coefficient (Wildman–Crippen LogP) is 3.86. The van der Waals surface area contributed by atoms with Gasteiger partial charge in [0.25, 0.3) is 0 Å². The number of benzene rings is 2. The van der Waals surface area contributed by atoms with Crippen molar-refractivity contribution in [2.45, 2.75) is 6.92 Å². The van der Waals surface area contributed by atoms with Gasteiger partial charge in [0.15, 0.2) is 5.78 Å². The number of hydrogen-bond donors (Lipinski definition) is 1. The molecule has 0 radical (unpaired) electrons. The van der Waals surface area contributed by atoms with Crippen molar-refractivity contribution in [1.82, 2.24) is 4.98 Å². The van der Waals surface area contributed by atoms with Gasteiger partial charge in [-0.1, -0.05) is 6.07 Å². The molecule has 2 aromatic carbocycles. The number of nitrogens with one attached hydrogen (secondary N) is 1. The zero-order valence-electron chi connectivity index (χ0n) is 11.7. The predicted molar refractivity (Wildman–Crippen MR) is 79.4 cm³/mol. The molecule has 0 aliphatic rings. The third-order valence-electron chi connectivity index (χ3n) is 3.54. The maximum atomic E-state index is 14.1. The zero-order valence-corrected chi connectivity index (χ0v) is 11.7. The topological polar surface area (TPSA) is 42.1 Å². The Balaban J connectivity index is 2.15. The summed E-state index contributed by atoms with van der Waals surface area (Å²) in [5, 5.41) is 0.343. The molecule has 0 aliphatic carbocycles. The van der Waals surface area contributed by atoms with Crippen molar-refractivity contribution in [2.24, 2.45) is 0 Å². The third-order valence-corrected chi connectivity index (χ3v) is 3.54. The summed E-state index contributed by atoms with van der Waals surface area (Å²) in [6.45, 7) is 1.77. The second-order valence-corrected chi connectivity index (χ2v) is 4.85. The van der Waals surface area contributed by atoms with E-state index >= 15 is 0 Å². The van der Waals surface area contributed by atoms with E-state index in [-0.39, 0.29) is 5.78 Å². The van der Waals surface area contributed by atoms with Crippen LogP contribution in [0, 0.1) is 12.7 Å². The molecule has 0 bridgehead atoms. The van der Waals surface area contributed by atoms with Gasteiger partial charge in [-0.25, -0.2) is 4.39 Å². The molecular weight excluding hydrogens is 269 g/mol. The first-order valence-corrected chi connectivity index (χ1v) is 6.57. The van der Waals surface area contributed by atoms with E-state index in [2.05, 4.69) is 4.98 Å². The van der Waals surface area contributed by atoms with Gasteiger partial charge < -0.3 is 9.72 Å². The second-order valence-electron chi connectivity index (χ2n) is 4.85. The Labute approximate surface area is 121 Å². The molecule has 3 rings (SSSR count). The van der Waals surface area contributed by atoms with E-state index in [0.717, 1.165) is 0 Å². The van der Waals surface area contributed by atoms with Crippen LogP contribution in [-0.4, -0.2) is 17.9 Å². The summed E-state index contributed by atoms with van der Waals surface area (Å²) in [5.41, 5.74) is 2.18. The average Bonchev–Trinajstić information content (AvgIpc) is 2.84. The molecule has 1 aromatic heterocycles. The minimum atomic E-state index is -0.395. The molecule has 1 N–H and O–H groups in total. The van der Waals surface area contributed by atoms with Crippen molar-refractivity contribution in [3.05, 3.63) is 65.1 Å². The van der Waals surface area contributed by atoms with E-state index in [1.807, 2.05) is 0 Å². The summed E-state index contributed by atoms with van der Waals surface area (Å²) in [6, 6.07) is 11.5. The molecule has 0 atom stereocenters. The molecule has 0 amide bonds. The highest BCUT2D eigenvalue weighted by molar-refractivity contribution is 6.17. The van der Waals surface area contributed by atoms with Crippen LogP contribution in [0.4, 0.5) is 4.39 Å². The van der Waals surface area contributed by atoms with Crippen LogP contribution in [0.1, 0.15) is 21.6 Å². The van der Waals surface area contributed by atoms with Crippen LogP contribution in [0.15, 0.2) is 42.5 Å². The van der Waals surface area contributed by atoms with Crippen molar-refractivity contribution < 1.29 is 13.9 Å². The highest BCUT2D eigenvalue weighted by Crippen LogP contribution is 2.27. The minimum absolute atomic E-state index is 0.202. The van der Waals surface area contributed by atoms with Crippen LogP contribution in [0.2, 0.25) is 0 Å². The van der Waals surface area contributed by atoms with E-state index in [0.29, 0.717) is 33.5 Å². The normalized spacial score (nSPS) is 10.8. The Hall–Kier alpha value is -2.62. The van der Waals surface area contributed by atoms with Crippen molar-refractivity contribution in [3.63, 3.8) is 0 Å². The summed E-state index contributed by atoms with van der Waals surface area (Å²) in [5.74, 6) is 0.0774. The number of halogens is 1. The van der Waals surface area contributed by atoms with Crippen molar-refractivity contribution >= 4 is 16.7 Å². The number of rotatable bonds is 3. The van der Waals surface area contributed by atoms with Crippen LogP contribution in [0.3, 0.4) is 0 Å². The number of methoxy groups -OCH3 is 1. The first kappa shape index (κ1) is 13.4. The lowest BCUT2D eigenvalue weighted by atomic mass is 10.00. The van der Waals surface area contributed by atoms with Gasteiger partial charge in [-0.2, -0.15) is 0 Å². The zero-order chi connectivity index (χ0) is 15.0. The molecule has 4 heteroatoms. The fraction of sp³-hybridized carbons (Fsp3) is 0.118. The Kier molecular flexibility index (Phi) is 3.22. The van der Waals surface area contributed by atoms with Crippen molar-refractivity contribution in [3.8, 4) is 5.75 Å². The maximum absolute atomic E-state index is 14.1. The number of aryl methyl sites for hydroxylation is 1. The number of H-pyrrole nitrogens is 1. The summed E-state index contributed by atoms with van der Waals surface area (Å²) >= 11 is 0. The molecule has 1 heterocycles. The van der Waals surface area contributed by atoms with E-state index in [1.165, 1.54) is 6.07 Å². The summed E-state index contributed by atoms with van der Waals surface area (Å²) in [6.07, 6.45) is 0. The summed E-state index contributed by atoms with van der Waals surface area (Å²) < 4.78 is 19.1. The molecule has 21 heavy (non-hydrogen) atoms. The molecule has 0 spiro atoms. The summed E-state index contributed by atoms with van der Waals surface area (Å²) in [7, 11) is 1.57. The highest BCUT2D eigenvalue weighted by atomic mass is 19.1.